The van der Waals surface area contributed by atoms with Crippen molar-refractivity contribution in [1.29, 1.82) is 0 Å². The van der Waals surface area contributed by atoms with E-state index in [9.17, 15) is 8.42 Å². The van der Waals surface area contributed by atoms with E-state index in [-0.39, 0.29) is 10.8 Å². The standard InChI is InChI=1S/C17H16ClN3O4S/c1-11(21-26(22,23)13-9-7-12(24-2)8-10-13)17-19-16(20-25-17)14-5-3-4-6-15(14)18/h3-11,21H,1-2H3/t11-/m0/s1. The van der Waals surface area contributed by atoms with E-state index in [0.29, 0.717) is 22.2 Å². The summed E-state index contributed by atoms with van der Waals surface area (Å²) >= 11 is 6.12. The maximum absolute atomic E-state index is 12.5. The van der Waals surface area contributed by atoms with Crippen molar-refractivity contribution in [3.05, 3.63) is 59.4 Å². The molecule has 1 heterocycles. The third kappa shape index (κ3) is 3.87. The highest BCUT2D eigenvalue weighted by molar-refractivity contribution is 7.89. The molecule has 0 saturated carbocycles. The summed E-state index contributed by atoms with van der Waals surface area (Å²) in [4.78, 5) is 4.34. The number of hydrogen-bond acceptors (Lipinski definition) is 6. The lowest BCUT2D eigenvalue weighted by molar-refractivity contribution is 0.354. The molecule has 26 heavy (non-hydrogen) atoms. The van der Waals surface area contributed by atoms with Crippen LogP contribution in [0.3, 0.4) is 0 Å². The summed E-state index contributed by atoms with van der Waals surface area (Å²) in [6, 6.07) is 12.4. The van der Waals surface area contributed by atoms with Crippen LogP contribution in [0.25, 0.3) is 11.4 Å². The van der Waals surface area contributed by atoms with E-state index in [2.05, 4.69) is 14.9 Å². The summed E-state index contributed by atoms with van der Waals surface area (Å²) in [5, 5.41) is 4.35. The monoisotopic (exact) mass is 393 g/mol. The van der Waals surface area contributed by atoms with Crippen LogP contribution in [0.15, 0.2) is 57.9 Å². The van der Waals surface area contributed by atoms with Gasteiger partial charge in [0.1, 0.15) is 5.75 Å². The third-order valence-electron chi connectivity index (χ3n) is 3.63. The summed E-state index contributed by atoms with van der Waals surface area (Å²) < 4.78 is 37.7. The van der Waals surface area contributed by atoms with Crippen LogP contribution < -0.4 is 9.46 Å². The molecule has 0 aliphatic carbocycles. The van der Waals surface area contributed by atoms with Crippen LogP contribution in [0.2, 0.25) is 5.02 Å². The predicted octanol–water partition coefficient (Wildman–Crippen LogP) is 3.44. The molecule has 0 spiro atoms. The fourth-order valence-corrected chi connectivity index (χ4v) is 3.69. The van der Waals surface area contributed by atoms with E-state index in [0.717, 1.165) is 0 Å². The lowest BCUT2D eigenvalue weighted by Gasteiger charge is -2.11. The molecule has 9 heteroatoms. The van der Waals surface area contributed by atoms with E-state index in [4.69, 9.17) is 20.9 Å². The molecule has 1 aromatic heterocycles. The molecule has 0 aliphatic heterocycles. The summed E-state index contributed by atoms with van der Waals surface area (Å²) in [6.07, 6.45) is 0. The number of ether oxygens (including phenoxy) is 1. The molecule has 0 unspecified atom stereocenters. The Balaban J connectivity index is 1.79. The summed E-state index contributed by atoms with van der Waals surface area (Å²) in [7, 11) is -2.25. The first-order valence-electron chi connectivity index (χ1n) is 7.65. The number of nitrogens with one attached hydrogen (secondary N) is 1. The largest absolute Gasteiger partial charge is 0.497 e. The predicted molar refractivity (Wildman–Crippen MR) is 96.5 cm³/mol. The average molecular weight is 394 g/mol. The fourth-order valence-electron chi connectivity index (χ4n) is 2.27. The van der Waals surface area contributed by atoms with Crippen LogP contribution in [0.1, 0.15) is 18.9 Å². The van der Waals surface area contributed by atoms with Crippen molar-refractivity contribution in [2.75, 3.05) is 7.11 Å². The van der Waals surface area contributed by atoms with E-state index >= 15 is 0 Å². The molecule has 1 atom stereocenters. The van der Waals surface area contributed by atoms with Crippen molar-refractivity contribution in [1.82, 2.24) is 14.9 Å². The van der Waals surface area contributed by atoms with E-state index in [1.54, 1.807) is 43.3 Å². The Labute approximate surface area is 156 Å². The number of sulfonamides is 1. The molecule has 0 fully saturated rings. The van der Waals surface area contributed by atoms with Gasteiger partial charge in [-0.2, -0.15) is 9.71 Å². The zero-order chi connectivity index (χ0) is 18.7. The second-order valence-electron chi connectivity index (χ2n) is 5.45. The molecular weight excluding hydrogens is 378 g/mol. The van der Waals surface area contributed by atoms with Crippen molar-refractivity contribution >= 4 is 21.6 Å². The van der Waals surface area contributed by atoms with E-state index in [1.165, 1.54) is 19.2 Å². The minimum absolute atomic E-state index is 0.107. The minimum atomic E-state index is -3.76. The van der Waals surface area contributed by atoms with Gasteiger partial charge in [0.15, 0.2) is 0 Å². The van der Waals surface area contributed by atoms with Gasteiger partial charge in [0.2, 0.25) is 21.7 Å². The van der Waals surface area contributed by atoms with Crippen LogP contribution in [0.4, 0.5) is 0 Å². The van der Waals surface area contributed by atoms with Gasteiger partial charge in [-0.15, -0.1) is 0 Å². The Morgan fingerprint density at radius 2 is 1.85 bits per heavy atom. The maximum atomic E-state index is 12.5. The Hall–Kier alpha value is -2.42. The average Bonchev–Trinajstić information content (AvgIpc) is 3.12. The van der Waals surface area contributed by atoms with Crippen LogP contribution in [-0.2, 0) is 10.0 Å². The van der Waals surface area contributed by atoms with Crippen LogP contribution in [0.5, 0.6) is 5.75 Å². The highest BCUT2D eigenvalue weighted by atomic mass is 35.5. The molecule has 7 nitrogen and oxygen atoms in total. The Morgan fingerprint density at radius 1 is 1.15 bits per heavy atom. The Morgan fingerprint density at radius 3 is 2.50 bits per heavy atom. The summed E-state index contributed by atoms with van der Waals surface area (Å²) in [6.45, 7) is 1.62. The SMILES string of the molecule is COc1ccc(S(=O)(=O)N[C@@H](C)c2nc(-c3ccccc3Cl)no2)cc1. The van der Waals surface area contributed by atoms with E-state index in [1.807, 2.05) is 0 Å². The zero-order valence-corrected chi connectivity index (χ0v) is 15.6. The molecule has 2 aromatic carbocycles. The first-order valence-corrected chi connectivity index (χ1v) is 9.52. The van der Waals surface area contributed by atoms with Gasteiger partial charge < -0.3 is 9.26 Å². The van der Waals surface area contributed by atoms with Gasteiger partial charge in [-0.05, 0) is 43.3 Å². The van der Waals surface area contributed by atoms with Crippen molar-refractivity contribution in [2.45, 2.75) is 17.9 Å². The van der Waals surface area contributed by atoms with Gasteiger partial charge in [0, 0.05) is 5.56 Å². The number of hydrogen-bond donors (Lipinski definition) is 1. The number of aromatic nitrogens is 2. The van der Waals surface area contributed by atoms with Gasteiger partial charge in [0.05, 0.1) is 23.1 Å². The molecule has 136 valence electrons. The molecule has 3 aromatic rings. The minimum Gasteiger partial charge on any atom is -0.497 e. The second kappa shape index (κ2) is 7.45. The Kier molecular flexibility index (Phi) is 5.26. The summed E-state index contributed by atoms with van der Waals surface area (Å²) in [5.74, 6) is 0.997. The third-order valence-corrected chi connectivity index (χ3v) is 5.51. The highest BCUT2D eigenvalue weighted by Gasteiger charge is 2.23. The number of halogens is 1. The maximum Gasteiger partial charge on any atom is 0.244 e. The van der Waals surface area contributed by atoms with Gasteiger partial charge in [-0.1, -0.05) is 28.9 Å². The zero-order valence-electron chi connectivity index (χ0n) is 14.0. The molecule has 1 N–H and O–H groups in total. The van der Waals surface area contributed by atoms with Gasteiger partial charge in [0.25, 0.3) is 0 Å². The number of benzene rings is 2. The first kappa shape index (κ1) is 18.4. The van der Waals surface area contributed by atoms with Crippen molar-refractivity contribution in [3.63, 3.8) is 0 Å². The lowest BCUT2D eigenvalue weighted by atomic mass is 10.2. The molecule has 3 rings (SSSR count). The molecule has 0 aliphatic rings. The van der Waals surface area contributed by atoms with Crippen LogP contribution in [-0.4, -0.2) is 25.7 Å². The van der Waals surface area contributed by atoms with E-state index < -0.39 is 16.1 Å². The fraction of sp³-hybridized carbons (Fsp3) is 0.176. The smallest absolute Gasteiger partial charge is 0.244 e. The number of rotatable bonds is 6. The normalized spacial score (nSPS) is 12.7. The lowest BCUT2D eigenvalue weighted by Crippen LogP contribution is -2.27. The van der Waals surface area contributed by atoms with Gasteiger partial charge in [-0.3, -0.25) is 0 Å². The van der Waals surface area contributed by atoms with Gasteiger partial charge in [-0.25, -0.2) is 8.42 Å². The van der Waals surface area contributed by atoms with Crippen LogP contribution >= 0.6 is 11.6 Å². The molecular formula is C17H16ClN3O4S. The number of methoxy groups -OCH3 is 1. The second-order valence-corrected chi connectivity index (χ2v) is 7.58. The molecule has 0 amide bonds. The first-order chi connectivity index (χ1) is 12.4. The molecule has 0 bridgehead atoms. The Bertz CT molecular complexity index is 1000. The molecule has 0 radical (unpaired) electrons. The topological polar surface area (TPSA) is 94.3 Å². The van der Waals surface area contributed by atoms with Crippen molar-refractivity contribution in [2.24, 2.45) is 0 Å². The van der Waals surface area contributed by atoms with Crippen molar-refractivity contribution in [3.8, 4) is 17.1 Å². The summed E-state index contributed by atoms with van der Waals surface area (Å²) in [5.41, 5.74) is 0.606. The van der Waals surface area contributed by atoms with Crippen molar-refractivity contribution < 1.29 is 17.7 Å². The highest BCUT2D eigenvalue weighted by Crippen LogP contribution is 2.26. The molecule has 0 saturated heterocycles. The number of nitrogens with zero attached hydrogens (tertiary/aromatic N) is 2. The quantitative estimate of drug-likeness (QED) is 0.689. The van der Waals surface area contributed by atoms with Crippen LogP contribution in [0, 0.1) is 0 Å². The van der Waals surface area contributed by atoms with Gasteiger partial charge >= 0.3 is 0 Å².